The first kappa shape index (κ1) is 15.9. The first-order chi connectivity index (χ1) is 11.3. The number of nitrogens with zero attached hydrogens (tertiary/aromatic N) is 2. The summed E-state index contributed by atoms with van der Waals surface area (Å²) in [5, 5.41) is 10.4. The fourth-order valence-corrected chi connectivity index (χ4v) is 4.88. The van der Waals surface area contributed by atoms with Crippen LogP contribution in [0.4, 0.5) is 0 Å². The van der Waals surface area contributed by atoms with Crippen molar-refractivity contribution >= 4 is 5.91 Å². The molecule has 3 heterocycles. The molecular formula is C18H30N2O3. The zero-order chi connectivity index (χ0) is 15.8. The Morgan fingerprint density at radius 3 is 2.52 bits per heavy atom. The Morgan fingerprint density at radius 2 is 1.83 bits per heavy atom. The van der Waals surface area contributed by atoms with E-state index in [2.05, 4.69) is 9.80 Å². The predicted octanol–water partition coefficient (Wildman–Crippen LogP) is 1.25. The maximum atomic E-state index is 13.3. The van der Waals surface area contributed by atoms with Crippen molar-refractivity contribution in [3.63, 3.8) is 0 Å². The minimum Gasteiger partial charge on any atom is -0.393 e. The summed E-state index contributed by atoms with van der Waals surface area (Å²) in [7, 11) is 0. The van der Waals surface area contributed by atoms with Crippen LogP contribution in [0.5, 0.6) is 0 Å². The summed E-state index contributed by atoms with van der Waals surface area (Å²) in [5.74, 6) is 1.03. The average Bonchev–Trinajstić information content (AvgIpc) is 3.04. The molecule has 3 aliphatic heterocycles. The summed E-state index contributed by atoms with van der Waals surface area (Å²) < 4.78 is 5.60. The molecule has 23 heavy (non-hydrogen) atoms. The van der Waals surface area contributed by atoms with E-state index in [-0.39, 0.29) is 24.1 Å². The highest BCUT2D eigenvalue weighted by Gasteiger charge is 2.47. The standard InChI is InChI=1S/C18H30N2O3/c21-16-7-11-23-12-14(16)15-4-3-10-20(15)18(22)17(13-5-6-13)19-8-1-2-9-19/h13-17,21H,1-12H2. The summed E-state index contributed by atoms with van der Waals surface area (Å²) >= 11 is 0. The number of rotatable bonds is 4. The van der Waals surface area contributed by atoms with Gasteiger partial charge in [-0.2, -0.15) is 0 Å². The number of likely N-dealkylation sites (tertiary alicyclic amines) is 2. The summed E-state index contributed by atoms with van der Waals surface area (Å²) in [5.41, 5.74) is 0. The van der Waals surface area contributed by atoms with E-state index in [9.17, 15) is 9.90 Å². The Labute approximate surface area is 139 Å². The highest BCUT2D eigenvalue weighted by Crippen LogP contribution is 2.39. The van der Waals surface area contributed by atoms with Gasteiger partial charge in [0.25, 0.3) is 0 Å². The first-order valence-electron chi connectivity index (χ1n) is 9.56. The lowest BCUT2D eigenvalue weighted by Gasteiger charge is -2.39. The Kier molecular flexibility index (Phi) is 4.61. The maximum absolute atomic E-state index is 13.3. The number of carbonyl (C=O) groups excluding carboxylic acids is 1. The lowest BCUT2D eigenvalue weighted by atomic mass is 9.89. The van der Waals surface area contributed by atoms with Crippen LogP contribution in [-0.2, 0) is 9.53 Å². The van der Waals surface area contributed by atoms with E-state index in [1.165, 1.54) is 25.7 Å². The van der Waals surface area contributed by atoms with E-state index >= 15 is 0 Å². The molecule has 0 aromatic carbocycles. The molecule has 4 atom stereocenters. The Bertz CT molecular complexity index is 434. The number of hydrogen-bond donors (Lipinski definition) is 1. The van der Waals surface area contributed by atoms with E-state index in [1.807, 2.05) is 0 Å². The molecule has 4 rings (SSSR count). The molecule has 5 heteroatoms. The number of amides is 1. The summed E-state index contributed by atoms with van der Waals surface area (Å²) in [4.78, 5) is 17.9. The van der Waals surface area contributed by atoms with Gasteiger partial charge in [0.2, 0.25) is 5.91 Å². The van der Waals surface area contributed by atoms with E-state index < -0.39 is 0 Å². The molecule has 1 saturated carbocycles. The molecule has 130 valence electrons. The zero-order valence-electron chi connectivity index (χ0n) is 14.0. The minimum atomic E-state index is -0.312. The second-order valence-corrected chi connectivity index (χ2v) is 7.86. The van der Waals surface area contributed by atoms with Crippen molar-refractivity contribution in [3.05, 3.63) is 0 Å². The van der Waals surface area contributed by atoms with Gasteiger partial charge in [0.05, 0.1) is 18.8 Å². The van der Waals surface area contributed by atoms with E-state index in [4.69, 9.17) is 4.74 Å². The van der Waals surface area contributed by atoms with Gasteiger partial charge in [-0.1, -0.05) is 0 Å². The van der Waals surface area contributed by atoms with E-state index in [1.54, 1.807) is 0 Å². The van der Waals surface area contributed by atoms with Gasteiger partial charge in [-0.05, 0) is 64.0 Å². The van der Waals surface area contributed by atoms with Gasteiger partial charge in [-0.25, -0.2) is 0 Å². The molecule has 1 N–H and O–H groups in total. The van der Waals surface area contributed by atoms with Crippen molar-refractivity contribution in [1.82, 2.24) is 9.80 Å². The van der Waals surface area contributed by atoms with Crippen LogP contribution in [0.1, 0.15) is 44.9 Å². The van der Waals surface area contributed by atoms with E-state index in [0.717, 1.165) is 32.5 Å². The number of hydrogen-bond acceptors (Lipinski definition) is 4. The lowest BCUT2D eigenvalue weighted by molar-refractivity contribution is -0.142. The number of aliphatic hydroxyl groups is 1. The average molecular weight is 322 g/mol. The molecule has 4 unspecified atom stereocenters. The number of aliphatic hydroxyl groups excluding tert-OH is 1. The van der Waals surface area contributed by atoms with Gasteiger partial charge in [-0.3, -0.25) is 9.69 Å². The van der Waals surface area contributed by atoms with Crippen LogP contribution in [0.25, 0.3) is 0 Å². The topological polar surface area (TPSA) is 53.0 Å². The monoisotopic (exact) mass is 322 g/mol. The summed E-state index contributed by atoms with van der Waals surface area (Å²) in [6.07, 6.45) is 7.37. The van der Waals surface area contributed by atoms with Gasteiger partial charge in [0.1, 0.15) is 0 Å². The van der Waals surface area contributed by atoms with Crippen LogP contribution in [-0.4, -0.2) is 71.8 Å². The third-order valence-corrected chi connectivity index (χ3v) is 6.29. The third-order valence-electron chi connectivity index (χ3n) is 6.29. The van der Waals surface area contributed by atoms with Gasteiger partial charge in [0.15, 0.2) is 0 Å². The van der Waals surface area contributed by atoms with Crippen LogP contribution < -0.4 is 0 Å². The molecule has 4 fully saturated rings. The van der Waals surface area contributed by atoms with Crippen molar-refractivity contribution in [3.8, 4) is 0 Å². The number of ether oxygens (including phenoxy) is 1. The highest BCUT2D eigenvalue weighted by atomic mass is 16.5. The van der Waals surface area contributed by atoms with Crippen LogP contribution in [0.3, 0.4) is 0 Å². The second-order valence-electron chi connectivity index (χ2n) is 7.86. The normalized spacial score (nSPS) is 37.3. The van der Waals surface area contributed by atoms with Crippen molar-refractivity contribution in [2.45, 2.75) is 63.1 Å². The molecule has 0 bridgehead atoms. The molecule has 1 amide bonds. The first-order valence-corrected chi connectivity index (χ1v) is 9.56. The molecule has 0 spiro atoms. The molecular weight excluding hydrogens is 292 g/mol. The Hall–Kier alpha value is -0.650. The smallest absolute Gasteiger partial charge is 0.240 e. The molecule has 1 aliphatic carbocycles. The predicted molar refractivity (Wildman–Crippen MR) is 87.0 cm³/mol. The molecule has 0 aromatic heterocycles. The van der Waals surface area contributed by atoms with Gasteiger partial charge < -0.3 is 14.7 Å². The molecule has 5 nitrogen and oxygen atoms in total. The van der Waals surface area contributed by atoms with Crippen LogP contribution in [0, 0.1) is 11.8 Å². The summed E-state index contributed by atoms with van der Waals surface area (Å²) in [6.45, 7) is 4.29. The van der Waals surface area contributed by atoms with Crippen LogP contribution in [0.15, 0.2) is 0 Å². The van der Waals surface area contributed by atoms with Gasteiger partial charge >= 0.3 is 0 Å². The van der Waals surface area contributed by atoms with Crippen LogP contribution in [0.2, 0.25) is 0 Å². The minimum absolute atomic E-state index is 0.105. The van der Waals surface area contributed by atoms with Crippen molar-refractivity contribution in [1.29, 1.82) is 0 Å². The molecule has 4 aliphatic rings. The van der Waals surface area contributed by atoms with E-state index in [0.29, 0.717) is 31.5 Å². The van der Waals surface area contributed by atoms with Crippen molar-refractivity contribution < 1.29 is 14.6 Å². The summed E-state index contributed by atoms with van der Waals surface area (Å²) in [6, 6.07) is 0.293. The van der Waals surface area contributed by atoms with Gasteiger partial charge in [0, 0.05) is 25.1 Å². The fraction of sp³-hybridized carbons (Fsp3) is 0.944. The number of carbonyl (C=O) groups is 1. The zero-order valence-corrected chi connectivity index (χ0v) is 14.0. The maximum Gasteiger partial charge on any atom is 0.240 e. The lowest BCUT2D eigenvalue weighted by Crippen LogP contribution is -2.54. The van der Waals surface area contributed by atoms with Gasteiger partial charge in [-0.15, -0.1) is 0 Å². The fourth-order valence-electron chi connectivity index (χ4n) is 4.88. The second kappa shape index (κ2) is 6.69. The third kappa shape index (κ3) is 3.15. The Morgan fingerprint density at radius 1 is 1.04 bits per heavy atom. The molecule has 3 saturated heterocycles. The molecule has 0 radical (unpaired) electrons. The van der Waals surface area contributed by atoms with Crippen molar-refractivity contribution in [2.24, 2.45) is 11.8 Å². The SMILES string of the molecule is O=C(C(C1CC1)N1CCCC1)N1CCCC1C1COCCC1O. The quantitative estimate of drug-likeness (QED) is 0.846. The van der Waals surface area contributed by atoms with Crippen molar-refractivity contribution in [2.75, 3.05) is 32.8 Å². The Balaban J connectivity index is 1.49. The van der Waals surface area contributed by atoms with Crippen LogP contribution >= 0.6 is 0 Å². The largest absolute Gasteiger partial charge is 0.393 e. The molecule has 0 aromatic rings. The highest BCUT2D eigenvalue weighted by molar-refractivity contribution is 5.83.